The maximum atomic E-state index is 11.4. The van der Waals surface area contributed by atoms with Crippen molar-refractivity contribution in [1.82, 2.24) is 19.1 Å². The predicted octanol–water partition coefficient (Wildman–Crippen LogP) is 0.654. The molecule has 1 atom stereocenters. The van der Waals surface area contributed by atoms with E-state index in [4.69, 9.17) is 0 Å². The number of carbonyl (C=O) groups excluding carboxylic acids is 1. The second kappa shape index (κ2) is 3.96. The quantitative estimate of drug-likeness (QED) is 0.581. The summed E-state index contributed by atoms with van der Waals surface area (Å²) in [5.74, 6) is 0. The molecule has 0 N–H and O–H groups in total. The summed E-state index contributed by atoms with van der Waals surface area (Å²) in [6.45, 7) is 0. The first-order chi connectivity index (χ1) is 5.88. The van der Waals surface area contributed by atoms with Crippen LogP contribution in [0.3, 0.4) is 0 Å². The highest BCUT2D eigenvalue weighted by Gasteiger charge is 2.03. The van der Waals surface area contributed by atoms with Crippen molar-refractivity contribution >= 4 is 15.9 Å². The second-order valence-corrected chi connectivity index (χ2v) is 2.22. The highest BCUT2D eigenvalue weighted by Crippen LogP contribution is 1.91. The summed E-state index contributed by atoms with van der Waals surface area (Å²) >= 11 is 0. The van der Waals surface area contributed by atoms with Gasteiger partial charge in [-0.05, 0) is 0 Å². The van der Waals surface area contributed by atoms with Crippen LogP contribution < -0.4 is 0 Å². The molecular formula is C7H9N4OP. The van der Waals surface area contributed by atoms with Crippen molar-refractivity contribution in [2.24, 2.45) is 0 Å². The van der Waals surface area contributed by atoms with E-state index in [2.05, 4.69) is 9.97 Å². The molecule has 0 radical (unpaired) electrons. The third kappa shape index (κ3) is 1.81. The zero-order valence-electron chi connectivity index (χ0n) is 6.87. The minimum absolute atomic E-state index is 0. The molecule has 0 aliphatic rings. The number of rotatable bonds is 0. The van der Waals surface area contributed by atoms with E-state index in [0.29, 0.717) is 0 Å². The van der Waals surface area contributed by atoms with E-state index in [1.54, 1.807) is 24.8 Å². The summed E-state index contributed by atoms with van der Waals surface area (Å²) in [6, 6.07) is -0.190. The fourth-order valence-electron chi connectivity index (χ4n) is 0.878. The Balaban J connectivity index is 0.000000845. The highest BCUT2D eigenvalue weighted by atomic mass is 31.0. The zero-order valence-corrected chi connectivity index (χ0v) is 8.28. The standard InChI is InChI=1S/C7H6N4O.H3P/c12-7(10-3-1-8-5-10)11-4-2-9-6-11;/h1-6H;1H3. The van der Waals surface area contributed by atoms with E-state index in [1.807, 2.05) is 0 Å². The summed E-state index contributed by atoms with van der Waals surface area (Å²) < 4.78 is 2.75. The molecule has 6 heteroatoms. The summed E-state index contributed by atoms with van der Waals surface area (Å²) in [4.78, 5) is 18.9. The SMILES string of the molecule is O=C(n1ccnc1)n1ccnc1.P. The Kier molecular flexibility index (Phi) is 2.93. The van der Waals surface area contributed by atoms with Crippen LogP contribution in [0.25, 0.3) is 0 Å². The van der Waals surface area contributed by atoms with Crippen LogP contribution in [0.1, 0.15) is 0 Å². The van der Waals surface area contributed by atoms with Crippen LogP contribution in [0.4, 0.5) is 4.79 Å². The maximum absolute atomic E-state index is 11.4. The van der Waals surface area contributed by atoms with Crippen LogP contribution in [0.15, 0.2) is 37.4 Å². The third-order valence-corrected chi connectivity index (χ3v) is 1.45. The molecule has 0 bridgehead atoms. The van der Waals surface area contributed by atoms with E-state index < -0.39 is 0 Å². The molecule has 0 saturated heterocycles. The van der Waals surface area contributed by atoms with Gasteiger partial charge in [-0.25, -0.2) is 14.8 Å². The molecule has 0 spiro atoms. The summed E-state index contributed by atoms with van der Waals surface area (Å²) in [5.41, 5.74) is 0. The van der Waals surface area contributed by atoms with Crippen molar-refractivity contribution in [2.45, 2.75) is 0 Å². The number of imidazole rings is 2. The van der Waals surface area contributed by atoms with Gasteiger partial charge in [-0.1, -0.05) is 0 Å². The van der Waals surface area contributed by atoms with Gasteiger partial charge in [0.05, 0.1) is 0 Å². The largest absolute Gasteiger partial charge is 0.338 e. The molecule has 5 nitrogen and oxygen atoms in total. The van der Waals surface area contributed by atoms with Crippen molar-refractivity contribution < 1.29 is 4.79 Å². The Morgan fingerprint density at radius 3 is 1.77 bits per heavy atom. The zero-order chi connectivity index (χ0) is 8.39. The first-order valence-electron chi connectivity index (χ1n) is 3.38. The lowest BCUT2D eigenvalue weighted by Crippen LogP contribution is -2.15. The molecule has 68 valence electrons. The minimum Gasteiger partial charge on any atom is -0.257 e. The number of aromatic nitrogens is 4. The van der Waals surface area contributed by atoms with Gasteiger partial charge in [0.2, 0.25) is 0 Å². The first kappa shape index (κ1) is 9.61. The van der Waals surface area contributed by atoms with Crippen molar-refractivity contribution in [3.05, 3.63) is 37.4 Å². The van der Waals surface area contributed by atoms with Gasteiger partial charge in [-0.2, -0.15) is 9.90 Å². The molecular weight excluding hydrogens is 187 g/mol. The van der Waals surface area contributed by atoms with Gasteiger partial charge in [0.25, 0.3) is 0 Å². The summed E-state index contributed by atoms with van der Waals surface area (Å²) in [6.07, 6.45) is 9.17. The fourth-order valence-corrected chi connectivity index (χ4v) is 0.878. The molecule has 1 unspecified atom stereocenters. The van der Waals surface area contributed by atoms with E-state index in [1.165, 1.54) is 21.8 Å². The smallest absolute Gasteiger partial charge is 0.257 e. The highest BCUT2D eigenvalue weighted by molar-refractivity contribution is 6.92. The van der Waals surface area contributed by atoms with Crippen molar-refractivity contribution in [1.29, 1.82) is 0 Å². The van der Waals surface area contributed by atoms with Crippen molar-refractivity contribution in [2.75, 3.05) is 0 Å². The van der Waals surface area contributed by atoms with Crippen molar-refractivity contribution in [3.63, 3.8) is 0 Å². The van der Waals surface area contributed by atoms with Gasteiger partial charge >= 0.3 is 6.03 Å². The van der Waals surface area contributed by atoms with Gasteiger partial charge in [-0.3, -0.25) is 9.13 Å². The van der Waals surface area contributed by atoms with Crippen LogP contribution in [0.5, 0.6) is 0 Å². The Bertz CT molecular complexity index is 331. The molecule has 2 heterocycles. The lowest BCUT2D eigenvalue weighted by Gasteiger charge is -1.98. The maximum Gasteiger partial charge on any atom is 0.338 e. The minimum atomic E-state index is -0.190. The molecule has 2 aromatic rings. The van der Waals surface area contributed by atoms with Crippen LogP contribution >= 0.6 is 9.90 Å². The summed E-state index contributed by atoms with van der Waals surface area (Å²) in [7, 11) is 0. The molecule has 0 saturated carbocycles. The van der Waals surface area contributed by atoms with Crippen LogP contribution in [-0.4, -0.2) is 25.1 Å². The summed E-state index contributed by atoms with van der Waals surface area (Å²) in [5, 5.41) is 0. The first-order valence-corrected chi connectivity index (χ1v) is 3.38. The van der Waals surface area contributed by atoms with Gasteiger partial charge in [0, 0.05) is 24.8 Å². The number of hydrogen-bond acceptors (Lipinski definition) is 3. The monoisotopic (exact) mass is 196 g/mol. The Morgan fingerprint density at radius 2 is 1.46 bits per heavy atom. The van der Waals surface area contributed by atoms with E-state index in [9.17, 15) is 4.79 Å². The number of nitrogens with zero attached hydrogens (tertiary/aromatic N) is 4. The second-order valence-electron chi connectivity index (χ2n) is 2.22. The van der Waals surface area contributed by atoms with Gasteiger partial charge in [0.15, 0.2) is 0 Å². The lowest BCUT2D eigenvalue weighted by atomic mass is 10.8. The Hall–Kier alpha value is -1.48. The van der Waals surface area contributed by atoms with Gasteiger partial charge in [-0.15, -0.1) is 0 Å². The van der Waals surface area contributed by atoms with Gasteiger partial charge in [0.1, 0.15) is 12.7 Å². The van der Waals surface area contributed by atoms with Crippen molar-refractivity contribution in [3.8, 4) is 0 Å². The third-order valence-electron chi connectivity index (χ3n) is 1.45. The lowest BCUT2D eigenvalue weighted by molar-refractivity contribution is 0.244. The van der Waals surface area contributed by atoms with E-state index in [0.717, 1.165) is 0 Å². The van der Waals surface area contributed by atoms with Crippen LogP contribution in [0, 0.1) is 0 Å². The van der Waals surface area contributed by atoms with E-state index >= 15 is 0 Å². The van der Waals surface area contributed by atoms with Crippen LogP contribution in [-0.2, 0) is 0 Å². The molecule has 2 aromatic heterocycles. The number of hydrogen-bond donors (Lipinski definition) is 0. The molecule has 2 rings (SSSR count). The number of carbonyl (C=O) groups is 1. The van der Waals surface area contributed by atoms with Crippen LogP contribution in [0.2, 0.25) is 0 Å². The Labute approximate surface area is 78.0 Å². The normalized spacial score (nSPS) is 9.23. The molecule has 0 aromatic carbocycles. The molecule has 0 amide bonds. The molecule has 13 heavy (non-hydrogen) atoms. The fraction of sp³-hybridized carbons (Fsp3) is 0. The predicted molar refractivity (Wildman–Crippen MR) is 51.8 cm³/mol. The topological polar surface area (TPSA) is 52.7 Å². The average molecular weight is 196 g/mol. The molecule has 0 fully saturated rings. The molecule has 0 aliphatic heterocycles. The Morgan fingerprint density at radius 1 is 1.00 bits per heavy atom. The van der Waals surface area contributed by atoms with Gasteiger partial charge < -0.3 is 0 Å². The average Bonchev–Trinajstić information content (AvgIpc) is 2.77. The molecule has 0 aliphatic carbocycles. The van der Waals surface area contributed by atoms with E-state index in [-0.39, 0.29) is 15.9 Å².